The molecule has 0 fully saturated rings. The van der Waals surface area contributed by atoms with E-state index in [-0.39, 0.29) is 0 Å². The summed E-state index contributed by atoms with van der Waals surface area (Å²) >= 11 is 4.37. The lowest BCUT2D eigenvalue weighted by molar-refractivity contribution is 0.299. The average molecular weight is 273 g/mol. The first-order chi connectivity index (χ1) is 9.15. The van der Waals surface area contributed by atoms with Gasteiger partial charge in [-0.2, -0.15) is 0 Å². The summed E-state index contributed by atoms with van der Waals surface area (Å²) in [6, 6.07) is 16.3. The van der Waals surface area contributed by atoms with E-state index < -0.39 is 0 Å². The maximum atomic E-state index is 5.76. The van der Waals surface area contributed by atoms with Crippen LogP contribution in [0.3, 0.4) is 0 Å². The van der Waals surface area contributed by atoms with Gasteiger partial charge in [-0.15, -0.1) is 12.6 Å². The molecule has 0 aliphatic rings. The number of ether oxygens (including phenoxy) is 1. The third-order valence-corrected chi connectivity index (χ3v) is 3.15. The number of para-hydroxylation sites is 1. The van der Waals surface area contributed by atoms with Gasteiger partial charge in [0.25, 0.3) is 0 Å². The Labute approximate surface area is 120 Å². The van der Waals surface area contributed by atoms with Gasteiger partial charge in [0.15, 0.2) is 0 Å². The number of benzene rings is 2. The van der Waals surface area contributed by atoms with E-state index in [9.17, 15) is 0 Å². The minimum Gasteiger partial charge on any atom is -0.488 e. The fourth-order valence-corrected chi connectivity index (χ4v) is 2.07. The Balaban J connectivity index is 1.95. The Hall–Kier alpha value is -1.45. The number of hydrogen-bond acceptors (Lipinski definition) is 3. The predicted molar refractivity (Wildman–Crippen MR) is 81.9 cm³/mol. The standard InChI is InChI=1S/C16H19NOS/c1-17(2)11-13-7-9-14(10-8-13)12-18-15-5-3-4-6-16(15)19/h3-10,19H,11-12H2,1-2H3. The van der Waals surface area contributed by atoms with Gasteiger partial charge in [-0.05, 0) is 37.4 Å². The smallest absolute Gasteiger partial charge is 0.133 e. The highest BCUT2D eigenvalue weighted by molar-refractivity contribution is 7.80. The average Bonchev–Trinajstić information content (AvgIpc) is 2.39. The summed E-state index contributed by atoms with van der Waals surface area (Å²) in [5.41, 5.74) is 2.47. The second-order valence-electron chi connectivity index (χ2n) is 4.81. The van der Waals surface area contributed by atoms with Gasteiger partial charge in [0, 0.05) is 11.4 Å². The van der Waals surface area contributed by atoms with Crippen molar-refractivity contribution in [3.63, 3.8) is 0 Å². The van der Waals surface area contributed by atoms with E-state index in [1.165, 1.54) is 11.1 Å². The first-order valence-corrected chi connectivity index (χ1v) is 6.73. The number of nitrogens with zero attached hydrogens (tertiary/aromatic N) is 1. The molecule has 2 aromatic carbocycles. The Bertz CT molecular complexity index is 523. The van der Waals surface area contributed by atoms with Crippen LogP contribution in [0.4, 0.5) is 0 Å². The summed E-state index contributed by atoms with van der Waals surface area (Å²) in [5.74, 6) is 0.822. The highest BCUT2D eigenvalue weighted by Gasteiger charge is 2.00. The Morgan fingerprint density at radius 2 is 1.58 bits per heavy atom. The third-order valence-electron chi connectivity index (χ3n) is 2.78. The molecule has 2 nitrogen and oxygen atoms in total. The second-order valence-corrected chi connectivity index (χ2v) is 5.29. The van der Waals surface area contributed by atoms with Gasteiger partial charge in [-0.1, -0.05) is 36.4 Å². The van der Waals surface area contributed by atoms with Gasteiger partial charge < -0.3 is 9.64 Å². The van der Waals surface area contributed by atoms with E-state index in [0.29, 0.717) is 6.61 Å². The summed E-state index contributed by atoms with van der Waals surface area (Å²) in [7, 11) is 4.14. The molecule has 0 spiro atoms. The SMILES string of the molecule is CN(C)Cc1ccc(COc2ccccc2S)cc1. The number of hydrogen-bond donors (Lipinski definition) is 1. The molecule has 0 aliphatic heterocycles. The highest BCUT2D eigenvalue weighted by Crippen LogP contribution is 2.22. The number of rotatable bonds is 5. The lowest BCUT2D eigenvalue weighted by Gasteiger charge is -2.11. The molecule has 0 saturated carbocycles. The van der Waals surface area contributed by atoms with Crippen molar-refractivity contribution in [1.29, 1.82) is 0 Å². The normalized spacial score (nSPS) is 10.7. The van der Waals surface area contributed by atoms with Crippen LogP contribution in [0.5, 0.6) is 5.75 Å². The van der Waals surface area contributed by atoms with Crippen LogP contribution in [0.25, 0.3) is 0 Å². The van der Waals surface area contributed by atoms with Crippen molar-refractivity contribution >= 4 is 12.6 Å². The quantitative estimate of drug-likeness (QED) is 0.835. The first kappa shape index (κ1) is 14.0. The summed E-state index contributed by atoms with van der Waals surface area (Å²) in [6.07, 6.45) is 0. The maximum Gasteiger partial charge on any atom is 0.133 e. The molecule has 3 heteroatoms. The topological polar surface area (TPSA) is 12.5 Å². The van der Waals surface area contributed by atoms with Gasteiger partial charge in [-0.25, -0.2) is 0 Å². The molecule has 0 unspecified atom stereocenters. The van der Waals surface area contributed by atoms with Crippen LogP contribution in [0.1, 0.15) is 11.1 Å². The molecular weight excluding hydrogens is 254 g/mol. The molecule has 0 atom stereocenters. The highest BCUT2D eigenvalue weighted by atomic mass is 32.1. The van der Waals surface area contributed by atoms with Crippen molar-refractivity contribution < 1.29 is 4.74 Å². The second kappa shape index (κ2) is 6.64. The molecule has 2 aromatic rings. The van der Waals surface area contributed by atoms with E-state index in [1.807, 2.05) is 24.3 Å². The molecule has 0 radical (unpaired) electrons. The van der Waals surface area contributed by atoms with Crippen LogP contribution in [0.15, 0.2) is 53.4 Å². The van der Waals surface area contributed by atoms with Gasteiger partial charge in [0.05, 0.1) is 0 Å². The third kappa shape index (κ3) is 4.30. The molecule has 0 saturated heterocycles. The van der Waals surface area contributed by atoms with E-state index in [0.717, 1.165) is 17.2 Å². The molecule has 2 rings (SSSR count). The Morgan fingerprint density at radius 1 is 0.947 bits per heavy atom. The largest absolute Gasteiger partial charge is 0.488 e. The molecule has 19 heavy (non-hydrogen) atoms. The zero-order chi connectivity index (χ0) is 13.7. The molecule has 0 N–H and O–H groups in total. The molecule has 0 amide bonds. The van der Waals surface area contributed by atoms with Crippen LogP contribution in [0.2, 0.25) is 0 Å². The van der Waals surface area contributed by atoms with Crippen LogP contribution in [0, 0.1) is 0 Å². The van der Waals surface area contributed by atoms with Crippen molar-refractivity contribution in [2.75, 3.05) is 14.1 Å². The van der Waals surface area contributed by atoms with Crippen LogP contribution < -0.4 is 4.74 Å². The molecular formula is C16H19NOS. The van der Waals surface area contributed by atoms with E-state index >= 15 is 0 Å². The monoisotopic (exact) mass is 273 g/mol. The molecule has 0 aromatic heterocycles. The molecule has 0 heterocycles. The summed E-state index contributed by atoms with van der Waals surface area (Å²) in [4.78, 5) is 3.02. The first-order valence-electron chi connectivity index (χ1n) is 6.28. The van der Waals surface area contributed by atoms with Crippen LogP contribution in [-0.2, 0) is 13.2 Å². The van der Waals surface area contributed by atoms with Crippen molar-refractivity contribution in [1.82, 2.24) is 4.90 Å². The Kier molecular flexibility index (Phi) is 4.88. The van der Waals surface area contributed by atoms with Crippen molar-refractivity contribution in [2.45, 2.75) is 18.0 Å². The Morgan fingerprint density at radius 3 is 2.21 bits per heavy atom. The van der Waals surface area contributed by atoms with Gasteiger partial charge >= 0.3 is 0 Å². The van der Waals surface area contributed by atoms with Crippen molar-refractivity contribution in [2.24, 2.45) is 0 Å². The van der Waals surface area contributed by atoms with E-state index in [2.05, 4.69) is 55.9 Å². The molecule has 100 valence electrons. The minimum atomic E-state index is 0.569. The van der Waals surface area contributed by atoms with Crippen molar-refractivity contribution in [3.8, 4) is 5.75 Å². The maximum absolute atomic E-state index is 5.76. The lowest BCUT2D eigenvalue weighted by Crippen LogP contribution is -2.10. The predicted octanol–water partition coefficient (Wildman–Crippen LogP) is 3.62. The summed E-state index contributed by atoms with van der Waals surface area (Å²) in [6.45, 7) is 1.53. The van der Waals surface area contributed by atoms with Gasteiger partial charge in [-0.3, -0.25) is 0 Å². The van der Waals surface area contributed by atoms with Gasteiger partial charge in [0.1, 0.15) is 12.4 Å². The number of thiol groups is 1. The zero-order valence-corrected chi connectivity index (χ0v) is 12.2. The minimum absolute atomic E-state index is 0.569. The molecule has 0 bridgehead atoms. The van der Waals surface area contributed by atoms with Crippen molar-refractivity contribution in [3.05, 3.63) is 59.7 Å². The zero-order valence-electron chi connectivity index (χ0n) is 11.3. The fraction of sp³-hybridized carbons (Fsp3) is 0.250. The summed E-state index contributed by atoms with van der Waals surface area (Å²) < 4.78 is 5.76. The lowest BCUT2D eigenvalue weighted by atomic mass is 10.1. The fourth-order valence-electron chi connectivity index (χ4n) is 1.85. The van der Waals surface area contributed by atoms with Gasteiger partial charge in [0.2, 0.25) is 0 Å². The van der Waals surface area contributed by atoms with E-state index in [4.69, 9.17) is 4.74 Å². The summed E-state index contributed by atoms with van der Waals surface area (Å²) in [5, 5.41) is 0. The van der Waals surface area contributed by atoms with E-state index in [1.54, 1.807) is 0 Å². The van der Waals surface area contributed by atoms with Crippen LogP contribution >= 0.6 is 12.6 Å². The molecule has 0 aliphatic carbocycles. The van der Waals surface area contributed by atoms with Crippen LogP contribution in [-0.4, -0.2) is 19.0 Å².